The van der Waals surface area contributed by atoms with Crippen molar-refractivity contribution < 1.29 is 14.4 Å². The van der Waals surface area contributed by atoms with Crippen LogP contribution >= 0.6 is 0 Å². The highest BCUT2D eigenvalue weighted by Gasteiger charge is 2.51. The molecule has 2 aliphatic rings. The van der Waals surface area contributed by atoms with Gasteiger partial charge in [-0.3, -0.25) is 19.5 Å². The van der Waals surface area contributed by atoms with Crippen molar-refractivity contribution in [3.8, 4) is 0 Å². The molecule has 2 fully saturated rings. The molecule has 0 atom stereocenters. The predicted octanol–water partition coefficient (Wildman–Crippen LogP) is 2.82. The topological polar surface area (TPSA) is 91.4 Å². The second-order valence-electron chi connectivity index (χ2n) is 7.24. The van der Waals surface area contributed by atoms with Crippen molar-refractivity contribution in [1.82, 2.24) is 15.2 Å². The van der Waals surface area contributed by atoms with Crippen molar-refractivity contribution in [2.75, 3.05) is 11.9 Å². The third-order valence-electron chi connectivity index (χ3n) is 5.36. The molecule has 1 aromatic carbocycles. The molecule has 4 rings (SSSR count). The monoisotopic (exact) mass is 366 g/mol. The van der Waals surface area contributed by atoms with E-state index in [-0.39, 0.29) is 30.8 Å². The maximum atomic E-state index is 12.6. The lowest BCUT2D eigenvalue weighted by Crippen LogP contribution is -2.44. The van der Waals surface area contributed by atoms with Crippen LogP contribution in [0.5, 0.6) is 0 Å². The normalized spacial score (nSPS) is 18.3. The van der Waals surface area contributed by atoms with E-state index in [9.17, 15) is 14.4 Å². The fraction of sp³-hybridized carbons (Fsp3) is 0.400. The van der Waals surface area contributed by atoms with E-state index >= 15 is 0 Å². The molecule has 4 amide bonds. The van der Waals surface area contributed by atoms with Gasteiger partial charge in [-0.25, -0.2) is 4.79 Å². The first kappa shape index (κ1) is 17.5. The SMILES string of the molecule is O=C(CCCN1C(=O)NC2(CCCC2)C1=O)Nc1cnc2ccccc2c1. The summed E-state index contributed by atoms with van der Waals surface area (Å²) in [7, 11) is 0. The highest BCUT2D eigenvalue weighted by molar-refractivity contribution is 6.07. The van der Waals surface area contributed by atoms with Crippen molar-refractivity contribution in [3.05, 3.63) is 36.5 Å². The first-order valence-corrected chi connectivity index (χ1v) is 9.36. The molecule has 1 aliphatic heterocycles. The van der Waals surface area contributed by atoms with Crippen molar-refractivity contribution in [2.24, 2.45) is 0 Å². The van der Waals surface area contributed by atoms with Crippen molar-refractivity contribution in [1.29, 1.82) is 0 Å². The quantitative estimate of drug-likeness (QED) is 0.796. The molecular weight excluding hydrogens is 344 g/mol. The summed E-state index contributed by atoms with van der Waals surface area (Å²) < 4.78 is 0. The summed E-state index contributed by atoms with van der Waals surface area (Å²) in [5.41, 5.74) is 0.823. The number of carbonyl (C=O) groups excluding carboxylic acids is 3. The molecular formula is C20H22N4O3. The maximum Gasteiger partial charge on any atom is 0.325 e. The van der Waals surface area contributed by atoms with Gasteiger partial charge in [0.1, 0.15) is 5.54 Å². The van der Waals surface area contributed by atoms with Crippen molar-refractivity contribution in [2.45, 2.75) is 44.1 Å². The number of urea groups is 1. The van der Waals surface area contributed by atoms with E-state index in [4.69, 9.17) is 0 Å². The number of nitrogens with zero attached hydrogens (tertiary/aromatic N) is 2. The van der Waals surface area contributed by atoms with Gasteiger partial charge in [-0.2, -0.15) is 0 Å². The Morgan fingerprint density at radius 2 is 2.00 bits per heavy atom. The van der Waals surface area contributed by atoms with Crippen LogP contribution in [0.4, 0.5) is 10.5 Å². The van der Waals surface area contributed by atoms with E-state index in [1.165, 1.54) is 4.90 Å². The van der Waals surface area contributed by atoms with Gasteiger partial charge >= 0.3 is 6.03 Å². The lowest BCUT2D eigenvalue weighted by Gasteiger charge is -2.19. The highest BCUT2D eigenvalue weighted by atomic mass is 16.2. The van der Waals surface area contributed by atoms with Crippen molar-refractivity contribution >= 4 is 34.4 Å². The summed E-state index contributed by atoms with van der Waals surface area (Å²) in [5.74, 6) is -0.293. The van der Waals surface area contributed by atoms with Gasteiger partial charge in [0, 0.05) is 18.4 Å². The molecule has 1 aromatic heterocycles. The first-order chi connectivity index (χ1) is 13.1. The van der Waals surface area contributed by atoms with Crippen molar-refractivity contribution in [3.63, 3.8) is 0 Å². The number of carbonyl (C=O) groups is 3. The van der Waals surface area contributed by atoms with Gasteiger partial charge in [0.25, 0.3) is 5.91 Å². The van der Waals surface area contributed by atoms with E-state index in [1.54, 1.807) is 6.20 Å². The summed E-state index contributed by atoms with van der Waals surface area (Å²) >= 11 is 0. The third-order valence-corrected chi connectivity index (χ3v) is 5.36. The molecule has 0 unspecified atom stereocenters. The smallest absolute Gasteiger partial charge is 0.325 e. The van der Waals surface area contributed by atoms with Crippen LogP contribution < -0.4 is 10.6 Å². The Morgan fingerprint density at radius 1 is 1.22 bits per heavy atom. The lowest BCUT2D eigenvalue weighted by atomic mass is 9.98. The number of para-hydroxylation sites is 1. The molecule has 2 N–H and O–H groups in total. The summed E-state index contributed by atoms with van der Waals surface area (Å²) in [6.07, 6.45) is 5.64. The van der Waals surface area contributed by atoms with E-state index in [0.29, 0.717) is 24.9 Å². The Kier molecular flexibility index (Phi) is 4.51. The second kappa shape index (κ2) is 6.98. The number of hydrogen-bond acceptors (Lipinski definition) is 4. The number of amides is 4. The van der Waals surface area contributed by atoms with Gasteiger partial charge in [-0.15, -0.1) is 0 Å². The van der Waals surface area contributed by atoms with Crippen LogP contribution in [0.15, 0.2) is 36.5 Å². The standard InChI is InChI=1S/C20H22N4O3/c25-17(22-15-12-14-6-1-2-7-16(14)21-13-15)8-5-11-24-18(26)20(23-19(24)27)9-3-4-10-20/h1-2,6-7,12-13H,3-5,8-11H2,(H,22,25)(H,23,27). The lowest BCUT2D eigenvalue weighted by molar-refractivity contribution is -0.131. The van der Waals surface area contributed by atoms with Gasteiger partial charge in [0.2, 0.25) is 5.91 Å². The van der Waals surface area contributed by atoms with Gasteiger partial charge in [-0.1, -0.05) is 31.0 Å². The number of anilines is 1. The molecule has 1 saturated carbocycles. The number of imide groups is 1. The molecule has 0 bridgehead atoms. The number of pyridine rings is 1. The number of hydrogen-bond donors (Lipinski definition) is 2. The van der Waals surface area contributed by atoms with Crippen LogP contribution in [-0.4, -0.2) is 39.8 Å². The minimum atomic E-state index is -0.684. The Morgan fingerprint density at radius 3 is 2.81 bits per heavy atom. The van der Waals surface area contributed by atoms with E-state index < -0.39 is 5.54 Å². The predicted molar refractivity (Wildman–Crippen MR) is 101 cm³/mol. The van der Waals surface area contributed by atoms with E-state index in [0.717, 1.165) is 23.7 Å². The summed E-state index contributed by atoms with van der Waals surface area (Å²) in [5, 5.41) is 6.63. The Labute approximate surface area is 157 Å². The van der Waals surface area contributed by atoms with Crippen LogP contribution in [0.2, 0.25) is 0 Å². The van der Waals surface area contributed by atoms with Crippen LogP contribution in [-0.2, 0) is 9.59 Å². The average Bonchev–Trinajstić information content (AvgIpc) is 3.22. The largest absolute Gasteiger partial charge is 0.325 e. The molecule has 1 aliphatic carbocycles. The molecule has 1 saturated heterocycles. The van der Waals surface area contributed by atoms with Gasteiger partial charge in [-0.05, 0) is 31.4 Å². The molecule has 27 heavy (non-hydrogen) atoms. The Balaban J connectivity index is 1.30. The number of rotatable bonds is 5. The molecule has 1 spiro atoms. The maximum absolute atomic E-state index is 12.6. The molecule has 2 aromatic rings. The first-order valence-electron chi connectivity index (χ1n) is 9.36. The number of nitrogens with one attached hydrogen (secondary N) is 2. The zero-order valence-electron chi connectivity index (χ0n) is 15.0. The Bertz CT molecular complexity index is 905. The van der Waals surface area contributed by atoms with Crippen LogP contribution in [0.1, 0.15) is 38.5 Å². The number of aromatic nitrogens is 1. The Hall–Kier alpha value is -2.96. The average molecular weight is 366 g/mol. The summed E-state index contributed by atoms with van der Waals surface area (Å²) in [6.45, 7) is 0.260. The van der Waals surface area contributed by atoms with Crippen LogP contribution in [0.3, 0.4) is 0 Å². The molecule has 140 valence electrons. The van der Waals surface area contributed by atoms with Gasteiger partial charge < -0.3 is 10.6 Å². The fourth-order valence-electron chi connectivity index (χ4n) is 3.96. The zero-order valence-corrected chi connectivity index (χ0v) is 15.0. The summed E-state index contributed by atoms with van der Waals surface area (Å²) in [4.78, 5) is 42.5. The van der Waals surface area contributed by atoms with Crippen LogP contribution in [0.25, 0.3) is 10.9 Å². The molecule has 7 nitrogen and oxygen atoms in total. The second-order valence-corrected chi connectivity index (χ2v) is 7.24. The zero-order chi connectivity index (χ0) is 18.9. The van der Waals surface area contributed by atoms with Gasteiger partial charge in [0.15, 0.2) is 0 Å². The van der Waals surface area contributed by atoms with Crippen LogP contribution in [0, 0.1) is 0 Å². The highest BCUT2D eigenvalue weighted by Crippen LogP contribution is 2.35. The van der Waals surface area contributed by atoms with Gasteiger partial charge in [0.05, 0.1) is 17.4 Å². The molecule has 7 heteroatoms. The summed E-state index contributed by atoms with van der Waals surface area (Å²) in [6, 6.07) is 9.23. The molecule has 0 radical (unpaired) electrons. The fourth-order valence-corrected chi connectivity index (χ4v) is 3.96. The van der Waals surface area contributed by atoms with E-state index in [2.05, 4.69) is 15.6 Å². The minimum absolute atomic E-state index is 0.135. The number of fused-ring (bicyclic) bond motifs is 1. The minimum Gasteiger partial charge on any atom is -0.325 e. The third kappa shape index (κ3) is 3.37. The van der Waals surface area contributed by atoms with E-state index in [1.807, 2.05) is 30.3 Å². The molecule has 2 heterocycles. The number of benzene rings is 1.